The SMILES string of the molecule is Cc1nc(C(=O)NC[C@@H]2CC[C@@H](S(C)(=O)=O)C[C@H]2O)c(C#N)n1-c1ccc(CC(C)(C)C)cc1OC(F)F. The van der Waals surface area contributed by atoms with Crippen LogP contribution in [0.3, 0.4) is 0 Å². The minimum Gasteiger partial charge on any atom is -0.433 e. The van der Waals surface area contributed by atoms with Gasteiger partial charge in [0.05, 0.1) is 17.0 Å². The second-order valence-electron chi connectivity index (χ2n) is 11.0. The summed E-state index contributed by atoms with van der Waals surface area (Å²) in [5.41, 5.74) is 0.485. The molecule has 0 spiro atoms. The Morgan fingerprint density at radius 1 is 1.34 bits per heavy atom. The first-order valence-corrected chi connectivity index (χ1v) is 14.3. The fraction of sp³-hybridized carbons (Fsp3) is 0.577. The Balaban J connectivity index is 1.86. The number of halogens is 2. The molecule has 38 heavy (non-hydrogen) atoms. The van der Waals surface area contributed by atoms with E-state index in [1.165, 1.54) is 10.6 Å². The fourth-order valence-electron chi connectivity index (χ4n) is 4.85. The first-order valence-electron chi connectivity index (χ1n) is 12.3. The predicted octanol–water partition coefficient (Wildman–Crippen LogP) is 3.55. The van der Waals surface area contributed by atoms with Gasteiger partial charge in [0.1, 0.15) is 27.5 Å². The summed E-state index contributed by atoms with van der Waals surface area (Å²) in [6, 6.07) is 6.77. The van der Waals surface area contributed by atoms with Crippen molar-refractivity contribution in [3.05, 3.63) is 41.0 Å². The highest BCUT2D eigenvalue weighted by Crippen LogP contribution is 2.32. The molecule has 12 heteroatoms. The lowest BCUT2D eigenvalue weighted by atomic mass is 9.86. The Morgan fingerprint density at radius 2 is 2.03 bits per heavy atom. The number of nitrogens with zero attached hydrogens (tertiary/aromatic N) is 3. The third-order valence-electron chi connectivity index (χ3n) is 6.62. The molecule has 3 rings (SSSR count). The summed E-state index contributed by atoms with van der Waals surface area (Å²) in [6.07, 6.45) is 1.73. The molecule has 1 fully saturated rings. The number of nitrogens with one attached hydrogen (secondary N) is 1. The van der Waals surface area contributed by atoms with E-state index in [1.54, 1.807) is 19.1 Å². The predicted molar refractivity (Wildman–Crippen MR) is 137 cm³/mol. The highest BCUT2D eigenvalue weighted by molar-refractivity contribution is 7.91. The smallest absolute Gasteiger partial charge is 0.387 e. The molecule has 0 bridgehead atoms. The van der Waals surface area contributed by atoms with E-state index < -0.39 is 33.7 Å². The third kappa shape index (κ3) is 7.08. The van der Waals surface area contributed by atoms with E-state index in [4.69, 9.17) is 4.74 Å². The summed E-state index contributed by atoms with van der Waals surface area (Å²) in [4.78, 5) is 17.2. The Morgan fingerprint density at radius 3 is 2.58 bits per heavy atom. The number of hydrogen-bond donors (Lipinski definition) is 2. The van der Waals surface area contributed by atoms with Gasteiger partial charge in [-0.15, -0.1) is 0 Å². The molecule has 0 saturated heterocycles. The van der Waals surface area contributed by atoms with E-state index in [2.05, 4.69) is 10.3 Å². The molecule has 2 aromatic rings. The van der Waals surface area contributed by atoms with Gasteiger partial charge in [0.2, 0.25) is 0 Å². The molecule has 1 amide bonds. The molecule has 2 N–H and O–H groups in total. The average Bonchev–Trinajstić information content (AvgIpc) is 3.12. The number of hydrogen-bond acceptors (Lipinski definition) is 7. The number of nitriles is 1. The van der Waals surface area contributed by atoms with Crippen LogP contribution in [-0.2, 0) is 16.3 Å². The zero-order valence-electron chi connectivity index (χ0n) is 22.2. The Labute approximate surface area is 221 Å². The summed E-state index contributed by atoms with van der Waals surface area (Å²) in [6.45, 7) is 4.56. The minimum absolute atomic E-state index is 0.0640. The largest absolute Gasteiger partial charge is 0.433 e. The molecule has 1 saturated carbocycles. The van der Waals surface area contributed by atoms with E-state index in [9.17, 15) is 32.4 Å². The number of aryl methyl sites for hydroxylation is 1. The van der Waals surface area contributed by atoms with Crippen LogP contribution >= 0.6 is 0 Å². The highest BCUT2D eigenvalue weighted by Gasteiger charge is 2.34. The van der Waals surface area contributed by atoms with Crippen LogP contribution in [0.1, 0.15) is 67.6 Å². The molecule has 1 aliphatic rings. The number of amides is 1. The number of alkyl halides is 2. The van der Waals surface area contributed by atoms with Gasteiger partial charge >= 0.3 is 6.61 Å². The van der Waals surface area contributed by atoms with Crippen molar-refractivity contribution in [2.45, 2.75) is 71.3 Å². The van der Waals surface area contributed by atoms with Gasteiger partial charge in [0, 0.05) is 18.7 Å². The maximum Gasteiger partial charge on any atom is 0.387 e. The molecule has 3 atom stereocenters. The van der Waals surface area contributed by atoms with E-state index in [0.29, 0.717) is 19.3 Å². The summed E-state index contributed by atoms with van der Waals surface area (Å²) >= 11 is 0. The quantitative estimate of drug-likeness (QED) is 0.512. The normalized spacial score (nSPS) is 20.3. The Bertz CT molecular complexity index is 1330. The van der Waals surface area contributed by atoms with E-state index >= 15 is 0 Å². The first-order chi connectivity index (χ1) is 17.6. The molecule has 1 aromatic carbocycles. The molecule has 9 nitrogen and oxygen atoms in total. The fourth-order valence-corrected chi connectivity index (χ4v) is 5.96. The van der Waals surface area contributed by atoms with E-state index in [0.717, 1.165) is 11.8 Å². The summed E-state index contributed by atoms with van der Waals surface area (Å²) in [5, 5.41) is 22.4. The molecule has 0 aliphatic heterocycles. The van der Waals surface area contributed by atoms with Gasteiger partial charge in [0.15, 0.2) is 11.4 Å². The van der Waals surface area contributed by atoms with Crippen LogP contribution in [-0.4, -0.2) is 59.7 Å². The average molecular weight is 553 g/mol. The summed E-state index contributed by atoms with van der Waals surface area (Å²) in [7, 11) is -3.27. The molecule has 0 unspecified atom stereocenters. The van der Waals surface area contributed by atoms with Crippen molar-refractivity contribution in [2.75, 3.05) is 12.8 Å². The number of sulfone groups is 1. The maximum absolute atomic E-state index is 13.3. The van der Waals surface area contributed by atoms with Crippen molar-refractivity contribution in [1.29, 1.82) is 5.26 Å². The van der Waals surface area contributed by atoms with Gasteiger partial charge in [-0.05, 0) is 55.7 Å². The van der Waals surface area contributed by atoms with E-state index in [1.807, 2.05) is 26.8 Å². The second kappa shape index (κ2) is 11.4. The van der Waals surface area contributed by atoms with Crippen LogP contribution in [0.4, 0.5) is 8.78 Å². The number of rotatable bonds is 8. The van der Waals surface area contributed by atoms with Gasteiger partial charge in [0.25, 0.3) is 5.91 Å². The lowest BCUT2D eigenvalue weighted by Crippen LogP contribution is -2.42. The highest BCUT2D eigenvalue weighted by atomic mass is 32.2. The topological polar surface area (TPSA) is 134 Å². The van der Waals surface area contributed by atoms with Gasteiger partial charge < -0.3 is 15.2 Å². The Kier molecular flexibility index (Phi) is 8.83. The number of carbonyl (C=O) groups excluding carboxylic acids is 1. The lowest BCUT2D eigenvalue weighted by Gasteiger charge is -2.32. The second-order valence-corrected chi connectivity index (χ2v) is 13.3. The number of carbonyl (C=O) groups is 1. The van der Waals surface area contributed by atoms with Crippen LogP contribution in [0.2, 0.25) is 0 Å². The molecule has 0 radical (unpaired) electrons. The number of imidazole rings is 1. The zero-order valence-corrected chi connectivity index (χ0v) is 23.0. The van der Waals surface area contributed by atoms with Crippen LogP contribution < -0.4 is 10.1 Å². The number of aliphatic hydroxyl groups is 1. The lowest BCUT2D eigenvalue weighted by molar-refractivity contribution is -0.0499. The third-order valence-corrected chi connectivity index (χ3v) is 8.26. The summed E-state index contributed by atoms with van der Waals surface area (Å²) in [5.74, 6) is -0.937. The van der Waals surface area contributed by atoms with Gasteiger partial charge in [-0.3, -0.25) is 9.36 Å². The minimum atomic E-state index is -3.27. The van der Waals surface area contributed by atoms with Crippen molar-refractivity contribution in [2.24, 2.45) is 11.3 Å². The molecule has 1 heterocycles. The van der Waals surface area contributed by atoms with Gasteiger partial charge in [-0.2, -0.15) is 14.0 Å². The maximum atomic E-state index is 13.3. The summed E-state index contributed by atoms with van der Waals surface area (Å²) < 4.78 is 56.2. The standard InChI is InChI=1S/C26H34F2N4O5S/c1-15-31-23(24(34)30-14-17-7-8-18(11-21(17)33)38(5,35)36)20(13-29)32(15)19-9-6-16(12-26(2,3)4)10-22(19)37-25(27)28/h6,9-10,17-18,21,25,33H,7-8,11-12,14H2,1-5H3,(H,30,34)/t17-,18+,21+/m0/s1. The van der Waals surface area contributed by atoms with Crippen molar-refractivity contribution in [1.82, 2.24) is 14.9 Å². The molecular weight excluding hydrogens is 518 g/mol. The number of ether oxygens (including phenoxy) is 1. The van der Waals surface area contributed by atoms with Crippen molar-refractivity contribution in [3.8, 4) is 17.5 Å². The van der Waals surface area contributed by atoms with Crippen LogP contribution in [0.5, 0.6) is 5.75 Å². The van der Waals surface area contributed by atoms with Gasteiger partial charge in [-0.1, -0.05) is 26.8 Å². The Hall–Kier alpha value is -3.04. The number of benzene rings is 1. The zero-order chi connectivity index (χ0) is 28.4. The number of aromatic nitrogens is 2. The van der Waals surface area contributed by atoms with Gasteiger partial charge in [-0.25, -0.2) is 13.4 Å². The van der Waals surface area contributed by atoms with Crippen molar-refractivity contribution < 1.29 is 31.8 Å². The van der Waals surface area contributed by atoms with Crippen LogP contribution in [0.25, 0.3) is 5.69 Å². The van der Waals surface area contributed by atoms with Crippen molar-refractivity contribution >= 4 is 15.7 Å². The molecule has 1 aromatic heterocycles. The van der Waals surface area contributed by atoms with Crippen LogP contribution in [0, 0.1) is 29.6 Å². The first kappa shape index (κ1) is 29.5. The molecule has 1 aliphatic carbocycles. The number of aliphatic hydroxyl groups excluding tert-OH is 1. The van der Waals surface area contributed by atoms with Crippen molar-refractivity contribution in [3.63, 3.8) is 0 Å². The monoisotopic (exact) mass is 552 g/mol. The van der Waals surface area contributed by atoms with Crippen LogP contribution in [0.15, 0.2) is 18.2 Å². The molecule has 208 valence electrons. The van der Waals surface area contributed by atoms with E-state index in [-0.39, 0.29) is 52.9 Å². The molecular formula is C26H34F2N4O5S.